The van der Waals surface area contributed by atoms with Crippen molar-refractivity contribution < 1.29 is 22.7 Å². The van der Waals surface area contributed by atoms with Crippen LogP contribution >= 0.6 is 0 Å². The van der Waals surface area contributed by atoms with Crippen LogP contribution in [-0.4, -0.2) is 52.3 Å². The van der Waals surface area contributed by atoms with E-state index >= 15 is 0 Å². The van der Waals surface area contributed by atoms with E-state index in [9.17, 15) is 13.2 Å². The van der Waals surface area contributed by atoms with Gasteiger partial charge in [-0.1, -0.05) is 19.1 Å². The number of methoxy groups -OCH3 is 1. The van der Waals surface area contributed by atoms with Crippen molar-refractivity contribution in [2.45, 2.75) is 32.9 Å². The van der Waals surface area contributed by atoms with E-state index in [4.69, 9.17) is 9.47 Å². The molecule has 2 rings (SSSR count). The molecule has 0 bridgehead atoms. The Labute approximate surface area is 179 Å². The van der Waals surface area contributed by atoms with E-state index in [0.29, 0.717) is 31.0 Å². The summed E-state index contributed by atoms with van der Waals surface area (Å²) in [7, 11) is -0.417. The quantitative estimate of drug-likeness (QED) is 0.574. The zero-order valence-corrected chi connectivity index (χ0v) is 19.0. The van der Waals surface area contributed by atoms with E-state index in [1.165, 1.54) is 4.31 Å². The molecule has 0 fully saturated rings. The molecule has 2 aromatic carbocycles. The molecular weight excluding hydrogens is 404 g/mol. The predicted octanol–water partition coefficient (Wildman–Crippen LogP) is 3.30. The number of carbonyl (C=O) groups is 1. The first-order valence-electron chi connectivity index (χ1n) is 9.81. The average molecular weight is 435 g/mol. The topological polar surface area (TPSA) is 76.2 Å². The van der Waals surface area contributed by atoms with Crippen LogP contribution in [0.4, 0.5) is 5.69 Å². The van der Waals surface area contributed by atoms with Crippen LogP contribution < -0.4 is 13.8 Å². The van der Waals surface area contributed by atoms with E-state index in [1.54, 1.807) is 50.2 Å². The summed E-state index contributed by atoms with van der Waals surface area (Å²) >= 11 is 0. The highest BCUT2D eigenvalue weighted by molar-refractivity contribution is 7.92. The Morgan fingerprint density at radius 2 is 1.57 bits per heavy atom. The maximum Gasteiger partial charge on any atom is 0.246 e. The maximum atomic E-state index is 13.2. The fraction of sp³-hybridized carbons (Fsp3) is 0.409. The summed E-state index contributed by atoms with van der Waals surface area (Å²) < 4.78 is 37.0. The number of rotatable bonds is 10. The number of likely N-dealkylation sites (N-methyl/N-ethyl adjacent to an activating group) is 1. The van der Waals surface area contributed by atoms with Gasteiger partial charge in [-0.05, 0) is 55.3 Å². The standard InChI is InChI=1S/C22H30N2O5S/c1-6-21(22(25)23(3)16-17-8-12-19(28-4)13-9-17)24(30(5,26)27)18-10-14-20(15-11-18)29-7-2/h8-15,21H,6-7,16H2,1-5H3/t21-/m0/s1. The van der Waals surface area contributed by atoms with Gasteiger partial charge in [0, 0.05) is 13.6 Å². The molecule has 2 aromatic rings. The number of amides is 1. The average Bonchev–Trinajstić information content (AvgIpc) is 2.72. The van der Waals surface area contributed by atoms with Gasteiger partial charge in [-0.3, -0.25) is 9.10 Å². The Kier molecular flexibility index (Phi) is 8.11. The van der Waals surface area contributed by atoms with Gasteiger partial charge in [-0.25, -0.2) is 8.42 Å². The van der Waals surface area contributed by atoms with Crippen molar-refractivity contribution in [3.8, 4) is 11.5 Å². The molecule has 0 spiro atoms. The molecule has 0 radical (unpaired) electrons. The molecule has 1 atom stereocenters. The molecule has 1 amide bonds. The highest BCUT2D eigenvalue weighted by Gasteiger charge is 2.33. The molecule has 0 aliphatic heterocycles. The van der Waals surface area contributed by atoms with Crippen LogP contribution in [0.2, 0.25) is 0 Å². The molecule has 0 aliphatic carbocycles. The lowest BCUT2D eigenvalue weighted by molar-refractivity contribution is -0.131. The van der Waals surface area contributed by atoms with Crippen molar-refractivity contribution in [1.82, 2.24) is 4.90 Å². The van der Waals surface area contributed by atoms with Gasteiger partial charge in [0.2, 0.25) is 15.9 Å². The maximum absolute atomic E-state index is 13.2. The normalized spacial score (nSPS) is 12.2. The minimum Gasteiger partial charge on any atom is -0.497 e. The Balaban J connectivity index is 2.27. The van der Waals surface area contributed by atoms with Crippen molar-refractivity contribution in [3.05, 3.63) is 54.1 Å². The first kappa shape index (κ1) is 23.5. The summed E-state index contributed by atoms with van der Waals surface area (Å²) in [5.74, 6) is 1.11. The Bertz CT molecular complexity index is 927. The van der Waals surface area contributed by atoms with E-state index in [0.717, 1.165) is 17.6 Å². The first-order valence-corrected chi connectivity index (χ1v) is 11.7. The van der Waals surface area contributed by atoms with Gasteiger partial charge in [0.1, 0.15) is 17.5 Å². The SMILES string of the molecule is CCOc1ccc(N([C@@H](CC)C(=O)N(C)Cc2ccc(OC)cc2)S(C)(=O)=O)cc1. The van der Waals surface area contributed by atoms with Crippen LogP contribution in [0.5, 0.6) is 11.5 Å². The molecule has 0 aliphatic rings. The van der Waals surface area contributed by atoms with Crippen LogP contribution in [0.1, 0.15) is 25.8 Å². The summed E-state index contributed by atoms with van der Waals surface area (Å²) in [6.07, 6.45) is 1.45. The molecule has 30 heavy (non-hydrogen) atoms. The van der Waals surface area contributed by atoms with E-state index in [1.807, 2.05) is 31.2 Å². The van der Waals surface area contributed by atoms with Crippen LogP contribution in [0.15, 0.2) is 48.5 Å². The molecule has 0 N–H and O–H groups in total. The first-order chi connectivity index (χ1) is 14.2. The Hall–Kier alpha value is -2.74. The second-order valence-electron chi connectivity index (χ2n) is 6.95. The number of ether oxygens (including phenoxy) is 2. The molecular formula is C22H30N2O5S. The summed E-state index contributed by atoms with van der Waals surface area (Å²) in [5, 5.41) is 0. The van der Waals surface area contributed by atoms with Crippen molar-refractivity contribution >= 4 is 21.6 Å². The monoisotopic (exact) mass is 434 g/mol. The second-order valence-corrected chi connectivity index (χ2v) is 8.81. The van der Waals surface area contributed by atoms with Gasteiger partial charge in [0.25, 0.3) is 0 Å². The molecule has 0 aromatic heterocycles. The summed E-state index contributed by atoms with van der Waals surface area (Å²) in [6.45, 7) is 4.55. The Morgan fingerprint density at radius 3 is 2.03 bits per heavy atom. The lowest BCUT2D eigenvalue weighted by Gasteiger charge is -2.33. The van der Waals surface area contributed by atoms with Crippen LogP contribution in [-0.2, 0) is 21.4 Å². The third-order valence-electron chi connectivity index (χ3n) is 4.67. The van der Waals surface area contributed by atoms with Crippen LogP contribution in [0, 0.1) is 0 Å². The van der Waals surface area contributed by atoms with Gasteiger partial charge in [-0.2, -0.15) is 0 Å². The number of carbonyl (C=O) groups excluding carboxylic acids is 1. The third-order valence-corrected chi connectivity index (χ3v) is 5.85. The third kappa shape index (κ3) is 5.89. The van der Waals surface area contributed by atoms with Crippen LogP contribution in [0.3, 0.4) is 0 Å². The lowest BCUT2D eigenvalue weighted by Crippen LogP contribution is -2.49. The van der Waals surface area contributed by atoms with Gasteiger partial charge in [0.05, 0.1) is 25.7 Å². The van der Waals surface area contributed by atoms with Gasteiger partial charge < -0.3 is 14.4 Å². The minimum atomic E-state index is -3.69. The van der Waals surface area contributed by atoms with Gasteiger partial charge in [0.15, 0.2) is 0 Å². The molecule has 164 valence electrons. The summed E-state index contributed by atoms with van der Waals surface area (Å²) in [5.41, 5.74) is 1.35. The largest absolute Gasteiger partial charge is 0.497 e. The number of hydrogen-bond acceptors (Lipinski definition) is 5. The Morgan fingerprint density at radius 1 is 1.00 bits per heavy atom. The van der Waals surface area contributed by atoms with Gasteiger partial charge >= 0.3 is 0 Å². The molecule has 0 heterocycles. The molecule has 8 heteroatoms. The number of benzene rings is 2. The molecule has 0 unspecified atom stereocenters. The molecule has 0 saturated heterocycles. The lowest BCUT2D eigenvalue weighted by atomic mass is 10.1. The smallest absolute Gasteiger partial charge is 0.246 e. The van der Waals surface area contributed by atoms with Crippen molar-refractivity contribution in [3.63, 3.8) is 0 Å². The van der Waals surface area contributed by atoms with Crippen LogP contribution in [0.25, 0.3) is 0 Å². The number of hydrogen-bond donors (Lipinski definition) is 0. The van der Waals surface area contributed by atoms with E-state index < -0.39 is 16.1 Å². The number of sulfonamides is 1. The van der Waals surface area contributed by atoms with E-state index in [2.05, 4.69) is 0 Å². The minimum absolute atomic E-state index is 0.271. The predicted molar refractivity (Wildman–Crippen MR) is 118 cm³/mol. The fourth-order valence-electron chi connectivity index (χ4n) is 3.24. The highest BCUT2D eigenvalue weighted by atomic mass is 32.2. The van der Waals surface area contributed by atoms with Crippen molar-refractivity contribution in [2.24, 2.45) is 0 Å². The molecule has 0 saturated carbocycles. The summed E-state index contributed by atoms with van der Waals surface area (Å²) in [4.78, 5) is 14.7. The number of nitrogens with zero attached hydrogens (tertiary/aromatic N) is 2. The van der Waals surface area contributed by atoms with Gasteiger partial charge in [-0.15, -0.1) is 0 Å². The fourth-order valence-corrected chi connectivity index (χ4v) is 4.44. The van der Waals surface area contributed by atoms with Crippen molar-refractivity contribution in [2.75, 3.05) is 31.3 Å². The van der Waals surface area contributed by atoms with Crippen molar-refractivity contribution in [1.29, 1.82) is 0 Å². The number of anilines is 1. The summed E-state index contributed by atoms with van der Waals surface area (Å²) in [6, 6.07) is 13.3. The molecule has 7 nitrogen and oxygen atoms in total. The highest BCUT2D eigenvalue weighted by Crippen LogP contribution is 2.26. The zero-order valence-electron chi connectivity index (χ0n) is 18.2. The van der Waals surface area contributed by atoms with E-state index in [-0.39, 0.29) is 5.91 Å². The second kappa shape index (κ2) is 10.3. The zero-order chi connectivity index (χ0) is 22.3.